The molecule has 0 amide bonds. The molecular weight excluding hydrogens is 250 g/mol. The van der Waals surface area contributed by atoms with E-state index < -0.39 is 17.6 Å². The Morgan fingerprint density at radius 2 is 1.72 bits per heavy atom. The molecular formula is C12H7F4NO. The Labute approximate surface area is 99.5 Å². The number of aromatic nitrogens is 1. The second-order valence-electron chi connectivity index (χ2n) is 3.62. The summed E-state index contributed by atoms with van der Waals surface area (Å²) in [6, 6.07) is 3.87. The van der Waals surface area contributed by atoms with E-state index in [1.54, 1.807) is 0 Å². The summed E-state index contributed by atoms with van der Waals surface area (Å²) in [5.41, 5.74) is -0.934. The second-order valence-corrected chi connectivity index (χ2v) is 3.62. The molecule has 0 saturated carbocycles. The average molecular weight is 257 g/mol. The Bertz CT molecular complexity index is 581. The maximum absolute atomic E-state index is 13.1. The smallest absolute Gasteiger partial charge is 0.419 e. The van der Waals surface area contributed by atoms with Crippen LogP contribution in [0.25, 0.3) is 11.1 Å². The molecule has 1 aromatic heterocycles. The quantitative estimate of drug-likeness (QED) is 0.791. The molecule has 0 fully saturated rings. The van der Waals surface area contributed by atoms with E-state index in [-0.39, 0.29) is 16.9 Å². The summed E-state index contributed by atoms with van der Waals surface area (Å²) in [5, 5.41) is 9.20. The highest BCUT2D eigenvalue weighted by molar-refractivity contribution is 5.64. The Morgan fingerprint density at radius 1 is 1.00 bits per heavy atom. The van der Waals surface area contributed by atoms with E-state index in [0.717, 1.165) is 12.3 Å². The number of aromatic hydroxyl groups is 1. The Kier molecular flexibility index (Phi) is 2.94. The first-order chi connectivity index (χ1) is 8.38. The van der Waals surface area contributed by atoms with Crippen molar-refractivity contribution in [2.75, 3.05) is 0 Å². The number of halogens is 4. The largest absolute Gasteiger partial charge is 0.506 e. The number of hydrogen-bond acceptors (Lipinski definition) is 2. The number of alkyl halides is 3. The van der Waals surface area contributed by atoms with Crippen LogP contribution >= 0.6 is 0 Å². The van der Waals surface area contributed by atoms with Crippen LogP contribution in [0, 0.1) is 5.82 Å². The van der Waals surface area contributed by atoms with Gasteiger partial charge in [-0.05, 0) is 23.8 Å². The van der Waals surface area contributed by atoms with Crippen molar-refractivity contribution < 1.29 is 22.7 Å². The van der Waals surface area contributed by atoms with Crippen LogP contribution in [0.1, 0.15) is 5.56 Å². The maximum atomic E-state index is 13.1. The zero-order chi connectivity index (χ0) is 13.3. The Balaban J connectivity index is 2.54. The lowest BCUT2D eigenvalue weighted by molar-refractivity contribution is -0.139. The first-order valence-electron chi connectivity index (χ1n) is 4.89. The molecule has 0 saturated heterocycles. The lowest BCUT2D eigenvalue weighted by Gasteiger charge is -2.10. The summed E-state index contributed by atoms with van der Waals surface area (Å²) in [5.74, 6) is -1.51. The second kappa shape index (κ2) is 4.29. The van der Waals surface area contributed by atoms with E-state index in [1.807, 2.05) is 0 Å². The molecule has 6 heteroatoms. The van der Waals surface area contributed by atoms with Crippen LogP contribution in [0.3, 0.4) is 0 Å². The van der Waals surface area contributed by atoms with Crippen LogP contribution < -0.4 is 0 Å². The van der Waals surface area contributed by atoms with Crippen LogP contribution in [0.4, 0.5) is 17.6 Å². The number of hydrogen-bond donors (Lipinski definition) is 1. The van der Waals surface area contributed by atoms with E-state index >= 15 is 0 Å². The fourth-order valence-electron chi connectivity index (χ4n) is 1.51. The van der Waals surface area contributed by atoms with Crippen molar-refractivity contribution in [3.05, 3.63) is 48.0 Å². The zero-order valence-corrected chi connectivity index (χ0v) is 8.87. The predicted octanol–water partition coefficient (Wildman–Crippen LogP) is 3.61. The molecule has 0 aliphatic carbocycles. The van der Waals surface area contributed by atoms with Gasteiger partial charge in [0, 0.05) is 11.8 Å². The predicted molar refractivity (Wildman–Crippen MR) is 56.3 cm³/mol. The van der Waals surface area contributed by atoms with Gasteiger partial charge in [-0.3, -0.25) is 4.98 Å². The van der Waals surface area contributed by atoms with Crippen molar-refractivity contribution in [2.45, 2.75) is 6.18 Å². The van der Waals surface area contributed by atoms with Crippen LogP contribution in [0.2, 0.25) is 0 Å². The van der Waals surface area contributed by atoms with Gasteiger partial charge < -0.3 is 5.11 Å². The molecule has 2 rings (SSSR count). The van der Waals surface area contributed by atoms with Crippen LogP contribution in [0.5, 0.6) is 5.75 Å². The third-order valence-electron chi connectivity index (χ3n) is 2.33. The van der Waals surface area contributed by atoms with E-state index in [9.17, 15) is 22.7 Å². The molecule has 0 unspecified atom stereocenters. The van der Waals surface area contributed by atoms with Crippen LogP contribution in [-0.4, -0.2) is 10.1 Å². The molecule has 1 aromatic carbocycles. The molecule has 0 spiro atoms. The van der Waals surface area contributed by atoms with Crippen molar-refractivity contribution in [3.8, 4) is 16.9 Å². The Hall–Kier alpha value is -2.11. The lowest BCUT2D eigenvalue weighted by atomic mass is 10.0. The molecule has 1 heterocycles. The van der Waals surface area contributed by atoms with Gasteiger partial charge >= 0.3 is 6.18 Å². The molecule has 0 radical (unpaired) electrons. The minimum absolute atomic E-state index is 0.132. The summed E-state index contributed by atoms with van der Waals surface area (Å²) >= 11 is 0. The molecule has 94 valence electrons. The summed E-state index contributed by atoms with van der Waals surface area (Å²) in [6.07, 6.45) is -2.32. The van der Waals surface area contributed by atoms with E-state index in [1.165, 1.54) is 18.3 Å². The fraction of sp³-hybridized carbons (Fsp3) is 0.0833. The molecule has 0 atom stereocenters. The van der Waals surface area contributed by atoms with Gasteiger partial charge in [-0.15, -0.1) is 0 Å². The maximum Gasteiger partial charge on any atom is 0.419 e. The van der Waals surface area contributed by atoms with Crippen molar-refractivity contribution in [1.29, 1.82) is 0 Å². The normalized spacial score (nSPS) is 11.6. The fourth-order valence-corrected chi connectivity index (χ4v) is 1.51. The third kappa shape index (κ3) is 2.42. The summed E-state index contributed by atoms with van der Waals surface area (Å²) in [7, 11) is 0. The Morgan fingerprint density at radius 3 is 2.33 bits per heavy atom. The standard InChI is InChI=1S/C12H7F4NO/c13-11-2-1-7(4-10(11)12(14,15)16)8-3-9(18)6-17-5-8/h1-6,18H. The number of pyridine rings is 1. The highest BCUT2D eigenvalue weighted by atomic mass is 19.4. The molecule has 18 heavy (non-hydrogen) atoms. The molecule has 2 nitrogen and oxygen atoms in total. The molecule has 0 aliphatic heterocycles. The summed E-state index contributed by atoms with van der Waals surface area (Å²) in [6.45, 7) is 0. The van der Waals surface area contributed by atoms with E-state index in [0.29, 0.717) is 6.07 Å². The summed E-state index contributed by atoms with van der Waals surface area (Å²) in [4.78, 5) is 3.65. The average Bonchev–Trinajstić information content (AvgIpc) is 2.28. The summed E-state index contributed by atoms with van der Waals surface area (Å²) < 4.78 is 50.6. The van der Waals surface area contributed by atoms with Gasteiger partial charge in [0.15, 0.2) is 0 Å². The molecule has 1 N–H and O–H groups in total. The zero-order valence-electron chi connectivity index (χ0n) is 8.87. The minimum Gasteiger partial charge on any atom is -0.506 e. The van der Waals surface area contributed by atoms with Gasteiger partial charge in [-0.2, -0.15) is 13.2 Å². The van der Waals surface area contributed by atoms with Gasteiger partial charge in [0.25, 0.3) is 0 Å². The van der Waals surface area contributed by atoms with Gasteiger partial charge in [0.2, 0.25) is 0 Å². The number of nitrogens with zero attached hydrogens (tertiary/aromatic N) is 1. The van der Waals surface area contributed by atoms with Gasteiger partial charge in [0.1, 0.15) is 11.6 Å². The number of rotatable bonds is 1. The van der Waals surface area contributed by atoms with Crippen molar-refractivity contribution in [2.24, 2.45) is 0 Å². The molecule has 0 bridgehead atoms. The van der Waals surface area contributed by atoms with Crippen LogP contribution in [0.15, 0.2) is 36.7 Å². The topological polar surface area (TPSA) is 33.1 Å². The van der Waals surface area contributed by atoms with Gasteiger partial charge in [-0.1, -0.05) is 6.07 Å². The van der Waals surface area contributed by atoms with Crippen molar-refractivity contribution in [1.82, 2.24) is 4.98 Å². The lowest BCUT2D eigenvalue weighted by Crippen LogP contribution is -2.08. The monoisotopic (exact) mass is 257 g/mol. The van der Waals surface area contributed by atoms with Crippen LogP contribution in [-0.2, 0) is 6.18 Å². The van der Waals surface area contributed by atoms with Gasteiger partial charge in [-0.25, -0.2) is 4.39 Å². The van der Waals surface area contributed by atoms with Gasteiger partial charge in [0.05, 0.1) is 11.8 Å². The molecule has 0 aliphatic rings. The highest BCUT2D eigenvalue weighted by Crippen LogP contribution is 2.34. The first-order valence-corrected chi connectivity index (χ1v) is 4.89. The van der Waals surface area contributed by atoms with Crippen molar-refractivity contribution >= 4 is 0 Å². The first kappa shape index (κ1) is 12.3. The SMILES string of the molecule is Oc1cncc(-c2ccc(F)c(C(F)(F)F)c2)c1. The van der Waals surface area contributed by atoms with E-state index in [2.05, 4.69) is 4.98 Å². The number of benzene rings is 1. The highest BCUT2D eigenvalue weighted by Gasteiger charge is 2.34. The van der Waals surface area contributed by atoms with Crippen molar-refractivity contribution in [3.63, 3.8) is 0 Å². The molecule has 2 aromatic rings. The minimum atomic E-state index is -4.76. The van der Waals surface area contributed by atoms with E-state index in [4.69, 9.17) is 0 Å². The third-order valence-corrected chi connectivity index (χ3v) is 2.33.